The van der Waals surface area contributed by atoms with Gasteiger partial charge >= 0.3 is 12.0 Å². The lowest BCUT2D eigenvalue weighted by Crippen LogP contribution is -2.32. The summed E-state index contributed by atoms with van der Waals surface area (Å²) >= 11 is 0. The van der Waals surface area contributed by atoms with Gasteiger partial charge in [0.05, 0.1) is 11.7 Å². The van der Waals surface area contributed by atoms with E-state index in [0.717, 1.165) is 6.07 Å². The van der Waals surface area contributed by atoms with Gasteiger partial charge in [0.25, 0.3) is 0 Å². The number of halogens is 1. The summed E-state index contributed by atoms with van der Waals surface area (Å²) in [4.78, 5) is 29.7. The number of nitrogens with zero attached hydrogens (tertiary/aromatic N) is 1. The molecule has 0 spiro atoms. The Morgan fingerprint density at radius 3 is 2.81 bits per heavy atom. The van der Waals surface area contributed by atoms with E-state index in [1.165, 1.54) is 12.1 Å². The van der Waals surface area contributed by atoms with Crippen LogP contribution < -0.4 is 10.6 Å². The van der Waals surface area contributed by atoms with Gasteiger partial charge in [-0.1, -0.05) is 6.07 Å². The van der Waals surface area contributed by atoms with Gasteiger partial charge in [-0.3, -0.25) is 0 Å². The summed E-state index contributed by atoms with van der Waals surface area (Å²) in [5, 5.41) is 13.8. The molecule has 1 aromatic heterocycles. The molecule has 2 aromatic rings. The first kappa shape index (κ1) is 14.5. The van der Waals surface area contributed by atoms with Gasteiger partial charge in [-0.25, -0.2) is 19.0 Å². The van der Waals surface area contributed by atoms with Crippen LogP contribution in [0.1, 0.15) is 29.1 Å². The van der Waals surface area contributed by atoms with Crippen molar-refractivity contribution in [2.45, 2.75) is 13.0 Å². The second-order valence-electron chi connectivity index (χ2n) is 4.26. The maximum absolute atomic E-state index is 13.5. The number of carboxylic acid groups (broad SMARTS) is 1. The second kappa shape index (κ2) is 6.04. The molecule has 1 atom stereocenters. The third kappa shape index (κ3) is 3.35. The molecule has 0 aliphatic rings. The van der Waals surface area contributed by atoms with Gasteiger partial charge in [0, 0.05) is 12.4 Å². The minimum Gasteiger partial charge on any atom is -0.478 e. The van der Waals surface area contributed by atoms with E-state index in [-0.39, 0.29) is 5.69 Å². The average molecular weight is 292 g/mol. The number of carboxylic acids is 1. The summed E-state index contributed by atoms with van der Waals surface area (Å²) in [7, 11) is 0. The van der Waals surface area contributed by atoms with Crippen LogP contribution in [0.2, 0.25) is 0 Å². The third-order valence-corrected chi connectivity index (χ3v) is 2.75. The van der Waals surface area contributed by atoms with E-state index in [1.54, 1.807) is 19.3 Å². The van der Waals surface area contributed by atoms with Crippen molar-refractivity contribution in [3.8, 4) is 0 Å². The molecular formula is C13H13FN4O3. The van der Waals surface area contributed by atoms with Crippen LogP contribution >= 0.6 is 0 Å². The molecule has 110 valence electrons. The van der Waals surface area contributed by atoms with E-state index in [0.29, 0.717) is 5.82 Å². The third-order valence-electron chi connectivity index (χ3n) is 2.75. The zero-order valence-corrected chi connectivity index (χ0v) is 11.1. The predicted molar refractivity (Wildman–Crippen MR) is 72.5 cm³/mol. The molecule has 7 nitrogen and oxygen atoms in total. The van der Waals surface area contributed by atoms with Crippen LogP contribution in [0.3, 0.4) is 0 Å². The minimum atomic E-state index is -1.46. The minimum absolute atomic E-state index is 0.119. The van der Waals surface area contributed by atoms with Gasteiger partial charge in [-0.15, -0.1) is 0 Å². The number of aromatic amines is 1. The van der Waals surface area contributed by atoms with Crippen molar-refractivity contribution >= 4 is 17.7 Å². The number of aromatic nitrogens is 2. The van der Waals surface area contributed by atoms with Crippen LogP contribution in [-0.4, -0.2) is 27.1 Å². The number of aromatic carboxylic acids is 1. The van der Waals surface area contributed by atoms with E-state index in [1.807, 2.05) is 0 Å². The van der Waals surface area contributed by atoms with Gasteiger partial charge in [0.15, 0.2) is 0 Å². The normalized spacial score (nSPS) is 11.7. The van der Waals surface area contributed by atoms with Crippen molar-refractivity contribution in [2.24, 2.45) is 0 Å². The van der Waals surface area contributed by atoms with Crippen LogP contribution in [0.25, 0.3) is 0 Å². The Morgan fingerprint density at radius 1 is 1.43 bits per heavy atom. The Labute approximate surface area is 119 Å². The average Bonchev–Trinajstić information content (AvgIpc) is 2.91. The van der Waals surface area contributed by atoms with Crippen LogP contribution in [-0.2, 0) is 0 Å². The fraction of sp³-hybridized carbons (Fsp3) is 0.154. The van der Waals surface area contributed by atoms with Gasteiger partial charge in [0.2, 0.25) is 0 Å². The SMILES string of the molecule is CC(NC(=O)Nc1cccc(F)c1C(=O)O)c1ncc[nH]1. The number of carbonyl (C=O) groups is 2. The zero-order chi connectivity index (χ0) is 15.4. The van der Waals surface area contributed by atoms with Crippen LogP contribution in [0.4, 0.5) is 14.9 Å². The Bertz CT molecular complexity index is 657. The fourth-order valence-electron chi connectivity index (χ4n) is 1.78. The number of imidazole rings is 1. The van der Waals surface area contributed by atoms with Crippen molar-refractivity contribution < 1.29 is 19.1 Å². The lowest BCUT2D eigenvalue weighted by molar-refractivity contribution is 0.0693. The smallest absolute Gasteiger partial charge is 0.340 e. The number of benzene rings is 1. The monoisotopic (exact) mass is 292 g/mol. The molecule has 21 heavy (non-hydrogen) atoms. The number of amides is 2. The van der Waals surface area contributed by atoms with E-state index in [9.17, 15) is 14.0 Å². The van der Waals surface area contributed by atoms with Crippen LogP contribution in [0.15, 0.2) is 30.6 Å². The number of rotatable bonds is 4. The fourth-order valence-corrected chi connectivity index (χ4v) is 1.78. The highest BCUT2D eigenvalue weighted by molar-refractivity contribution is 6.00. The zero-order valence-electron chi connectivity index (χ0n) is 11.1. The molecule has 4 N–H and O–H groups in total. The first-order valence-electron chi connectivity index (χ1n) is 6.07. The summed E-state index contributed by atoms with van der Waals surface area (Å²) in [5.41, 5.74) is -0.704. The van der Waals surface area contributed by atoms with Crippen molar-refractivity contribution in [3.63, 3.8) is 0 Å². The Hall–Kier alpha value is -2.90. The quantitative estimate of drug-likeness (QED) is 0.692. The van der Waals surface area contributed by atoms with Crippen molar-refractivity contribution in [1.82, 2.24) is 15.3 Å². The Kier molecular flexibility index (Phi) is 4.17. The Morgan fingerprint density at radius 2 is 2.19 bits per heavy atom. The second-order valence-corrected chi connectivity index (χ2v) is 4.26. The molecule has 0 saturated heterocycles. The lowest BCUT2D eigenvalue weighted by atomic mass is 10.1. The lowest BCUT2D eigenvalue weighted by Gasteiger charge is -2.14. The number of nitrogens with one attached hydrogen (secondary N) is 3. The standard InChI is InChI=1S/C13H13FN4O3/c1-7(11-15-5-6-16-11)17-13(21)18-9-4-2-3-8(14)10(9)12(19)20/h2-7H,1H3,(H,15,16)(H,19,20)(H2,17,18,21). The van der Waals surface area contributed by atoms with E-state index >= 15 is 0 Å². The highest BCUT2D eigenvalue weighted by Gasteiger charge is 2.18. The molecule has 2 amide bonds. The van der Waals surface area contributed by atoms with Gasteiger partial charge in [-0.2, -0.15) is 0 Å². The number of anilines is 1. The molecule has 0 bridgehead atoms. The molecule has 1 unspecified atom stereocenters. The van der Waals surface area contributed by atoms with Gasteiger partial charge in [0.1, 0.15) is 17.2 Å². The first-order valence-corrected chi connectivity index (χ1v) is 6.07. The van der Waals surface area contributed by atoms with Gasteiger partial charge < -0.3 is 20.7 Å². The van der Waals surface area contributed by atoms with Crippen molar-refractivity contribution in [1.29, 1.82) is 0 Å². The number of H-pyrrole nitrogens is 1. The summed E-state index contributed by atoms with van der Waals surface area (Å²) < 4.78 is 13.5. The number of hydrogen-bond acceptors (Lipinski definition) is 3. The van der Waals surface area contributed by atoms with Crippen LogP contribution in [0, 0.1) is 5.82 Å². The summed E-state index contributed by atoms with van der Waals surface area (Å²) in [6.07, 6.45) is 3.15. The molecular weight excluding hydrogens is 279 g/mol. The topological polar surface area (TPSA) is 107 Å². The van der Waals surface area contributed by atoms with Gasteiger partial charge in [-0.05, 0) is 19.1 Å². The highest BCUT2D eigenvalue weighted by Crippen LogP contribution is 2.19. The largest absolute Gasteiger partial charge is 0.478 e. The Balaban J connectivity index is 2.10. The number of carbonyl (C=O) groups excluding carboxylic acids is 1. The van der Waals surface area contributed by atoms with E-state index < -0.39 is 29.4 Å². The van der Waals surface area contributed by atoms with Crippen molar-refractivity contribution in [2.75, 3.05) is 5.32 Å². The maximum atomic E-state index is 13.5. The molecule has 1 aromatic carbocycles. The van der Waals surface area contributed by atoms with E-state index in [4.69, 9.17) is 5.11 Å². The highest BCUT2D eigenvalue weighted by atomic mass is 19.1. The first-order chi connectivity index (χ1) is 9.99. The predicted octanol–water partition coefficient (Wildman–Crippen LogP) is 2.13. The molecule has 0 radical (unpaired) electrons. The summed E-state index contributed by atoms with van der Waals surface area (Å²) in [5.74, 6) is -1.83. The summed E-state index contributed by atoms with van der Waals surface area (Å²) in [6.45, 7) is 1.70. The molecule has 8 heteroatoms. The number of urea groups is 1. The molecule has 0 aliphatic carbocycles. The number of hydrogen-bond donors (Lipinski definition) is 4. The molecule has 0 fully saturated rings. The van der Waals surface area contributed by atoms with E-state index in [2.05, 4.69) is 20.6 Å². The maximum Gasteiger partial charge on any atom is 0.340 e. The summed E-state index contributed by atoms with van der Waals surface area (Å²) in [6, 6.07) is 2.56. The molecule has 2 rings (SSSR count). The molecule has 0 saturated carbocycles. The van der Waals surface area contributed by atoms with Crippen LogP contribution in [0.5, 0.6) is 0 Å². The molecule has 0 aliphatic heterocycles. The molecule has 1 heterocycles. The van der Waals surface area contributed by atoms with Crippen molar-refractivity contribution in [3.05, 3.63) is 47.8 Å².